The number of carbonyl (C=O) groups excluding carboxylic acids is 1. The number of ether oxygens (including phenoxy) is 1. The number of aliphatic hydroxyl groups is 1. The first-order valence-corrected chi connectivity index (χ1v) is 10.0. The van der Waals surface area contributed by atoms with E-state index in [9.17, 15) is 9.90 Å². The summed E-state index contributed by atoms with van der Waals surface area (Å²) in [6.45, 7) is 0.0740. The third-order valence-electron chi connectivity index (χ3n) is 4.82. The molecular formula is C21H22N2O4S. The van der Waals surface area contributed by atoms with Crippen molar-refractivity contribution < 1.29 is 19.1 Å². The largest absolute Gasteiger partial charge is 0.466 e. The lowest BCUT2D eigenvalue weighted by Crippen LogP contribution is -2.12. The number of rotatable bonds is 5. The number of anilines is 1. The zero-order chi connectivity index (χ0) is 19.7. The van der Waals surface area contributed by atoms with Crippen LogP contribution >= 0.6 is 11.3 Å². The molecule has 1 aliphatic carbocycles. The van der Waals surface area contributed by atoms with E-state index in [1.807, 2.05) is 37.2 Å². The molecule has 0 fully saturated rings. The van der Waals surface area contributed by atoms with Gasteiger partial charge in [0.05, 0.1) is 28.5 Å². The highest BCUT2D eigenvalue weighted by Gasteiger charge is 2.25. The maximum atomic E-state index is 12.9. The zero-order valence-electron chi connectivity index (χ0n) is 15.8. The molecule has 0 amide bonds. The van der Waals surface area contributed by atoms with Crippen LogP contribution < -0.4 is 4.90 Å². The minimum absolute atomic E-state index is 0.0740. The number of esters is 1. The van der Waals surface area contributed by atoms with E-state index in [4.69, 9.17) is 14.1 Å². The fourth-order valence-electron chi connectivity index (χ4n) is 3.29. The summed E-state index contributed by atoms with van der Waals surface area (Å²) in [5.41, 5.74) is 3.01. The molecule has 4 rings (SSSR count). The van der Waals surface area contributed by atoms with Crippen molar-refractivity contribution in [3.63, 3.8) is 0 Å². The van der Waals surface area contributed by atoms with Crippen molar-refractivity contribution in [3.8, 4) is 10.6 Å². The van der Waals surface area contributed by atoms with Gasteiger partial charge in [0.25, 0.3) is 0 Å². The molecule has 1 N–H and O–H groups in total. The van der Waals surface area contributed by atoms with Crippen LogP contribution in [0.3, 0.4) is 0 Å². The lowest BCUT2D eigenvalue weighted by atomic mass is 10.0. The summed E-state index contributed by atoms with van der Waals surface area (Å²) >= 11 is 1.46. The highest BCUT2D eigenvalue weighted by atomic mass is 32.1. The van der Waals surface area contributed by atoms with Crippen molar-refractivity contribution in [1.82, 2.24) is 4.98 Å². The van der Waals surface area contributed by atoms with E-state index < -0.39 is 12.1 Å². The third-order valence-corrected chi connectivity index (χ3v) is 6.05. The van der Waals surface area contributed by atoms with Crippen LogP contribution in [0, 0.1) is 0 Å². The molecular weight excluding hydrogens is 376 g/mol. The van der Waals surface area contributed by atoms with Crippen LogP contribution in [0.5, 0.6) is 0 Å². The SMILES string of the molecule is CN(C)c1ccc(-c2nc3c(s2)C(O)CCC3)c(C(=O)OCc2ccco2)c1. The van der Waals surface area contributed by atoms with Crippen LogP contribution in [-0.4, -0.2) is 30.2 Å². The lowest BCUT2D eigenvalue weighted by Gasteiger charge is -2.15. The standard InChI is InChI=1S/C21H22N2O4S/c1-23(2)13-8-9-15(20-22-17-6-3-7-18(24)19(17)28-20)16(11-13)21(25)27-12-14-5-4-10-26-14/h4-5,8-11,18,24H,3,6-7,12H2,1-2H3. The Balaban J connectivity index is 1.69. The summed E-state index contributed by atoms with van der Waals surface area (Å²) in [7, 11) is 3.84. The fourth-order valence-corrected chi connectivity index (χ4v) is 4.46. The molecule has 1 unspecified atom stereocenters. The minimum Gasteiger partial charge on any atom is -0.466 e. The van der Waals surface area contributed by atoms with Crippen LogP contribution in [0.2, 0.25) is 0 Å². The summed E-state index contributed by atoms with van der Waals surface area (Å²) in [5.74, 6) is 0.162. The molecule has 1 aliphatic rings. The van der Waals surface area contributed by atoms with Crippen molar-refractivity contribution in [2.45, 2.75) is 32.0 Å². The van der Waals surface area contributed by atoms with E-state index in [0.717, 1.165) is 46.1 Å². The van der Waals surface area contributed by atoms with Gasteiger partial charge in [0.15, 0.2) is 0 Å². The number of carbonyl (C=O) groups is 1. The van der Waals surface area contributed by atoms with Gasteiger partial charge in [0, 0.05) is 25.3 Å². The molecule has 3 aromatic rings. The fraction of sp³-hybridized carbons (Fsp3) is 0.333. The summed E-state index contributed by atoms with van der Waals surface area (Å²) in [6.07, 6.45) is 3.62. The number of aromatic nitrogens is 1. The van der Waals surface area contributed by atoms with E-state index in [1.165, 1.54) is 11.3 Å². The number of aryl methyl sites for hydroxylation is 1. The first-order valence-electron chi connectivity index (χ1n) is 9.22. The van der Waals surface area contributed by atoms with Gasteiger partial charge in [-0.2, -0.15) is 0 Å². The van der Waals surface area contributed by atoms with Gasteiger partial charge in [0.2, 0.25) is 0 Å². The van der Waals surface area contributed by atoms with E-state index in [1.54, 1.807) is 18.4 Å². The molecule has 0 radical (unpaired) electrons. The number of fused-ring (bicyclic) bond motifs is 1. The van der Waals surface area contributed by atoms with Crippen LogP contribution in [0.4, 0.5) is 5.69 Å². The number of hydrogen-bond donors (Lipinski definition) is 1. The van der Waals surface area contributed by atoms with Crippen molar-refractivity contribution in [2.24, 2.45) is 0 Å². The molecule has 2 heterocycles. The molecule has 146 valence electrons. The van der Waals surface area contributed by atoms with Gasteiger partial charge in [-0.25, -0.2) is 9.78 Å². The Kier molecular flexibility index (Phi) is 5.19. The topological polar surface area (TPSA) is 75.8 Å². The number of nitrogens with zero attached hydrogens (tertiary/aromatic N) is 2. The van der Waals surface area contributed by atoms with E-state index in [-0.39, 0.29) is 6.61 Å². The normalized spacial score (nSPS) is 15.9. The smallest absolute Gasteiger partial charge is 0.339 e. The molecule has 1 aromatic carbocycles. The molecule has 0 saturated heterocycles. The molecule has 0 bridgehead atoms. The Morgan fingerprint density at radius 2 is 2.25 bits per heavy atom. The quantitative estimate of drug-likeness (QED) is 0.650. The van der Waals surface area contributed by atoms with Gasteiger partial charge in [-0.15, -0.1) is 11.3 Å². The number of aliphatic hydroxyl groups excluding tert-OH is 1. The molecule has 28 heavy (non-hydrogen) atoms. The Labute approximate surface area is 167 Å². The van der Waals surface area contributed by atoms with Crippen molar-refractivity contribution in [3.05, 3.63) is 58.5 Å². The van der Waals surface area contributed by atoms with Gasteiger partial charge in [-0.05, 0) is 49.6 Å². The first kappa shape index (κ1) is 18.7. The number of benzene rings is 1. The second-order valence-corrected chi connectivity index (χ2v) is 8.05. The average Bonchev–Trinajstić information content (AvgIpc) is 3.36. The van der Waals surface area contributed by atoms with E-state index in [0.29, 0.717) is 11.3 Å². The summed E-state index contributed by atoms with van der Waals surface area (Å²) in [4.78, 5) is 20.4. The van der Waals surface area contributed by atoms with Crippen molar-refractivity contribution in [1.29, 1.82) is 0 Å². The Bertz CT molecular complexity index is 978. The molecule has 2 aromatic heterocycles. The highest BCUT2D eigenvalue weighted by molar-refractivity contribution is 7.15. The highest BCUT2D eigenvalue weighted by Crippen LogP contribution is 2.39. The Morgan fingerprint density at radius 1 is 1.39 bits per heavy atom. The molecule has 0 spiro atoms. The van der Waals surface area contributed by atoms with E-state index in [2.05, 4.69) is 0 Å². The first-order chi connectivity index (χ1) is 13.5. The zero-order valence-corrected chi connectivity index (χ0v) is 16.7. The van der Waals surface area contributed by atoms with Crippen molar-refractivity contribution >= 4 is 23.0 Å². The lowest BCUT2D eigenvalue weighted by molar-refractivity contribution is 0.0446. The summed E-state index contributed by atoms with van der Waals surface area (Å²) < 4.78 is 10.7. The van der Waals surface area contributed by atoms with Crippen LogP contribution in [-0.2, 0) is 17.8 Å². The predicted octanol–water partition coefficient (Wildman–Crippen LogP) is 4.20. The van der Waals surface area contributed by atoms with Gasteiger partial charge in [-0.1, -0.05) is 0 Å². The van der Waals surface area contributed by atoms with Crippen LogP contribution in [0.15, 0.2) is 41.0 Å². The van der Waals surface area contributed by atoms with E-state index >= 15 is 0 Å². The number of hydrogen-bond acceptors (Lipinski definition) is 7. The average molecular weight is 398 g/mol. The van der Waals surface area contributed by atoms with Crippen molar-refractivity contribution in [2.75, 3.05) is 19.0 Å². The van der Waals surface area contributed by atoms with Gasteiger partial charge >= 0.3 is 5.97 Å². The maximum absolute atomic E-state index is 12.9. The Hall–Kier alpha value is -2.64. The third kappa shape index (κ3) is 3.68. The van der Waals surface area contributed by atoms with Gasteiger partial charge < -0.3 is 19.2 Å². The second kappa shape index (κ2) is 7.77. The number of thiazole rings is 1. The number of furan rings is 1. The monoisotopic (exact) mass is 398 g/mol. The molecule has 6 nitrogen and oxygen atoms in total. The molecule has 1 atom stereocenters. The summed E-state index contributed by atoms with van der Waals surface area (Å²) in [5, 5.41) is 11.0. The van der Waals surface area contributed by atoms with Gasteiger partial charge in [-0.3, -0.25) is 0 Å². The molecule has 7 heteroatoms. The molecule has 0 aliphatic heterocycles. The van der Waals surface area contributed by atoms with Gasteiger partial charge in [0.1, 0.15) is 17.4 Å². The molecule has 0 saturated carbocycles. The summed E-state index contributed by atoms with van der Waals surface area (Å²) in [6, 6.07) is 9.19. The predicted molar refractivity (Wildman–Crippen MR) is 108 cm³/mol. The van der Waals surface area contributed by atoms with Crippen LogP contribution in [0.25, 0.3) is 10.6 Å². The minimum atomic E-state index is -0.467. The Morgan fingerprint density at radius 3 is 2.96 bits per heavy atom. The maximum Gasteiger partial charge on any atom is 0.339 e. The van der Waals surface area contributed by atoms with Crippen LogP contribution in [0.1, 0.15) is 45.6 Å². The second-order valence-electron chi connectivity index (χ2n) is 7.02.